The number of hydrogen-bond acceptors (Lipinski definition) is 3. The molecule has 0 unspecified atom stereocenters. The van der Waals surface area contributed by atoms with Crippen molar-refractivity contribution in [1.29, 1.82) is 0 Å². The van der Waals surface area contributed by atoms with Crippen molar-refractivity contribution < 1.29 is 14.6 Å². The second-order valence-electron chi connectivity index (χ2n) is 4.24. The van der Waals surface area contributed by atoms with Gasteiger partial charge in [0.1, 0.15) is 11.5 Å². The molecule has 2 aromatic carbocycles. The summed E-state index contributed by atoms with van der Waals surface area (Å²) in [4.78, 5) is 12.0. The number of hydrogen-bond donors (Lipinski definition) is 2. The van der Waals surface area contributed by atoms with Crippen molar-refractivity contribution in [3.05, 3.63) is 52.5 Å². The van der Waals surface area contributed by atoms with Gasteiger partial charge in [0.15, 0.2) is 0 Å². The largest absolute Gasteiger partial charge is 0.508 e. The number of methoxy groups -OCH3 is 1. The first kappa shape index (κ1) is 14.4. The van der Waals surface area contributed by atoms with Gasteiger partial charge in [-0.2, -0.15) is 0 Å². The lowest BCUT2D eigenvalue weighted by Crippen LogP contribution is -2.14. The number of phenols is 1. The Morgan fingerprint density at radius 1 is 1.25 bits per heavy atom. The number of rotatable bonds is 4. The van der Waals surface area contributed by atoms with Crippen molar-refractivity contribution in [3.8, 4) is 11.5 Å². The molecule has 1 amide bonds. The highest BCUT2D eigenvalue weighted by molar-refractivity contribution is 9.10. The lowest BCUT2D eigenvalue weighted by Gasteiger charge is -2.09. The summed E-state index contributed by atoms with van der Waals surface area (Å²) in [5.41, 5.74) is 1.49. The fraction of sp³-hybridized carbons (Fsp3) is 0.133. The fourth-order valence-corrected chi connectivity index (χ4v) is 2.07. The molecule has 0 saturated carbocycles. The molecule has 0 bridgehead atoms. The zero-order valence-electron chi connectivity index (χ0n) is 10.9. The summed E-state index contributed by atoms with van der Waals surface area (Å²) in [6, 6.07) is 11.9. The first-order valence-electron chi connectivity index (χ1n) is 6.00. The summed E-state index contributed by atoms with van der Waals surface area (Å²) in [7, 11) is 1.57. The summed E-state index contributed by atoms with van der Waals surface area (Å²) < 4.78 is 5.91. The highest BCUT2D eigenvalue weighted by Crippen LogP contribution is 2.27. The molecule has 104 valence electrons. The number of benzene rings is 2. The Kier molecular flexibility index (Phi) is 4.63. The molecule has 0 radical (unpaired) electrons. The zero-order valence-corrected chi connectivity index (χ0v) is 12.5. The van der Waals surface area contributed by atoms with Crippen LogP contribution in [0.1, 0.15) is 5.56 Å². The van der Waals surface area contributed by atoms with Crippen molar-refractivity contribution in [3.63, 3.8) is 0 Å². The minimum Gasteiger partial charge on any atom is -0.508 e. The fourth-order valence-electron chi connectivity index (χ4n) is 1.72. The van der Waals surface area contributed by atoms with Crippen LogP contribution in [0, 0.1) is 0 Å². The van der Waals surface area contributed by atoms with Crippen LogP contribution in [0.5, 0.6) is 11.5 Å². The molecule has 0 spiro atoms. The van der Waals surface area contributed by atoms with Crippen molar-refractivity contribution in [1.82, 2.24) is 0 Å². The SMILES string of the molecule is COc1ccc(Br)c(NC(=O)Cc2ccc(O)cc2)c1. The van der Waals surface area contributed by atoms with E-state index in [0.717, 1.165) is 10.0 Å². The number of anilines is 1. The third-order valence-electron chi connectivity index (χ3n) is 2.75. The molecule has 0 aliphatic carbocycles. The zero-order chi connectivity index (χ0) is 14.5. The molecule has 20 heavy (non-hydrogen) atoms. The molecule has 5 heteroatoms. The maximum Gasteiger partial charge on any atom is 0.228 e. The lowest BCUT2D eigenvalue weighted by molar-refractivity contribution is -0.115. The van der Waals surface area contributed by atoms with E-state index < -0.39 is 0 Å². The Labute approximate surface area is 125 Å². The second-order valence-corrected chi connectivity index (χ2v) is 5.09. The van der Waals surface area contributed by atoms with E-state index in [-0.39, 0.29) is 18.1 Å². The Hall–Kier alpha value is -2.01. The molecule has 0 saturated heterocycles. The van der Waals surface area contributed by atoms with Crippen molar-refractivity contribution in [2.45, 2.75) is 6.42 Å². The lowest BCUT2D eigenvalue weighted by atomic mass is 10.1. The van der Waals surface area contributed by atoms with Gasteiger partial charge >= 0.3 is 0 Å². The molecule has 0 heterocycles. The number of carbonyl (C=O) groups excluding carboxylic acids is 1. The summed E-state index contributed by atoms with van der Waals surface area (Å²) in [5.74, 6) is 0.725. The van der Waals surface area contributed by atoms with Crippen LogP contribution in [0.2, 0.25) is 0 Å². The first-order chi connectivity index (χ1) is 9.58. The smallest absolute Gasteiger partial charge is 0.228 e. The molecular formula is C15H14BrNO3. The third kappa shape index (κ3) is 3.74. The van der Waals surface area contributed by atoms with Crippen LogP contribution in [-0.2, 0) is 11.2 Å². The number of carbonyl (C=O) groups is 1. The van der Waals surface area contributed by atoms with E-state index in [1.807, 2.05) is 6.07 Å². The van der Waals surface area contributed by atoms with Gasteiger partial charge in [-0.05, 0) is 45.8 Å². The van der Waals surface area contributed by atoms with E-state index in [1.165, 1.54) is 0 Å². The minimum absolute atomic E-state index is 0.135. The summed E-state index contributed by atoms with van der Waals surface area (Å²) >= 11 is 3.38. The molecule has 2 aromatic rings. The molecule has 4 nitrogen and oxygen atoms in total. The molecule has 2 N–H and O–H groups in total. The number of ether oxygens (including phenoxy) is 1. The van der Waals surface area contributed by atoms with E-state index in [4.69, 9.17) is 4.74 Å². The van der Waals surface area contributed by atoms with Crippen LogP contribution >= 0.6 is 15.9 Å². The van der Waals surface area contributed by atoms with Crippen molar-refractivity contribution in [2.75, 3.05) is 12.4 Å². The van der Waals surface area contributed by atoms with Gasteiger partial charge < -0.3 is 15.2 Å². The van der Waals surface area contributed by atoms with Gasteiger partial charge in [0.25, 0.3) is 0 Å². The number of phenolic OH excluding ortho intramolecular Hbond substituents is 1. The quantitative estimate of drug-likeness (QED) is 0.900. The van der Waals surface area contributed by atoms with E-state index >= 15 is 0 Å². The van der Waals surface area contributed by atoms with Gasteiger partial charge in [0.05, 0.1) is 19.2 Å². The Morgan fingerprint density at radius 2 is 1.95 bits per heavy atom. The molecule has 0 fully saturated rings. The average Bonchev–Trinajstić information content (AvgIpc) is 2.44. The monoisotopic (exact) mass is 335 g/mol. The Morgan fingerprint density at radius 3 is 2.60 bits per heavy atom. The van der Waals surface area contributed by atoms with Crippen LogP contribution in [0.3, 0.4) is 0 Å². The van der Waals surface area contributed by atoms with Crippen LogP contribution in [0.15, 0.2) is 46.9 Å². The third-order valence-corrected chi connectivity index (χ3v) is 3.44. The average molecular weight is 336 g/mol. The van der Waals surface area contributed by atoms with Gasteiger partial charge in [-0.25, -0.2) is 0 Å². The molecule has 0 aliphatic rings. The molecular weight excluding hydrogens is 322 g/mol. The van der Waals surface area contributed by atoms with Crippen LogP contribution < -0.4 is 10.1 Å². The summed E-state index contributed by atoms with van der Waals surface area (Å²) in [6.45, 7) is 0. The molecule has 0 aliphatic heterocycles. The first-order valence-corrected chi connectivity index (χ1v) is 6.79. The van der Waals surface area contributed by atoms with Gasteiger partial charge in [0, 0.05) is 10.5 Å². The highest BCUT2D eigenvalue weighted by Gasteiger charge is 2.08. The van der Waals surface area contributed by atoms with Crippen molar-refractivity contribution >= 4 is 27.5 Å². The minimum atomic E-state index is -0.135. The maximum atomic E-state index is 12.0. The summed E-state index contributed by atoms with van der Waals surface area (Å²) in [5, 5.41) is 12.0. The number of amides is 1. The molecule has 2 rings (SSSR count). The molecule has 0 atom stereocenters. The van der Waals surface area contributed by atoms with E-state index in [2.05, 4.69) is 21.2 Å². The van der Waals surface area contributed by atoms with Crippen LogP contribution in [0.25, 0.3) is 0 Å². The van der Waals surface area contributed by atoms with Gasteiger partial charge in [-0.15, -0.1) is 0 Å². The Bertz CT molecular complexity index is 611. The number of nitrogens with one attached hydrogen (secondary N) is 1. The van der Waals surface area contributed by atoms with Crippen molar-refractivity contribution in [2.24, 2.45) is 0 Å². The number of halogens is 1. The topological polar surface area (TPSA) is 58.6 Å². The van der Waals surface area contributed by atoms with E-state index in [0.29, 0.717) is 11.4 Å². The highest BCUT2D eigenvalue weighted by atomic mass is 79.9. The molecule has 0 aromatic heterocycles. The summed E-state index contributed by atoms with van der Waals surface area (Å²) in [6.07, 6.45) is 0.240. The predicted molar refractivity (Wildman–Crippen MR) is 81.1 cm³/mol. The maximum absolute atomic E-state index is 12.0. The Balaban J connectivity index is 2.06. The van der Waals surface area contributed by atoms with Gasteiger partial charge in [-0.1, -0.05) is 12.1 Å². The predicted octanol–water partition coefficient (Wildman–Crippen LogP) is 3.34. The van der Waals surface area contributed by atoms with Crippen LogP contribution in [0.4, 0.5) is 5.69 Å². The van der Waals surface area contributed by atoms with Crippen LogP contribution in [-0.4, -0.2) is 18.1 Å². The van der Waals surface area contributed by atoms with Gasteiger partial charge in [-0.3, -0.25) is 4.79 Å². The second kappa shape index (κ2) is 6.43. The van der Waals surface area contributed by atoms with Gasteiger partial charge in [0.2, 0.25) is 5.91 Å². The van der Waals surface area contributed by atoms with E-state index in [1.54, 1.807) is 43.5 Å². The van der Waals surface area contributed by atoms with E-state index in [9.17, 15) is 9.90 Å². The number of aromatic hydroxyl groups is 1. The normalized spacial score (nSPS) is 10.1. The standard InChI is InChI=1S/C15H14BrNO3/c1-20-12-6-7-13(16)14(9-12)17-15(19)8-10-2-4-11(18)5-3-10/h2-7,9,18H,8H2,1H3,(H,17,19).